The molecule has 0 heterocycles. The van der Waals surface area contributed by atoms with Gasteiger partial charge in [-0.2, -0.15) is 0 Å². The maximum atomic E-state index is 10.9. The first-order valence-electron chi connectivity index (χ1n) is 6.82. The Balaban J connectivity index is 1.97. The first-order valence-corrected chi connectivity index (χ1v) is 7.61. The first-order chi connectivity index (χ1) is 10.1. The van der Waals surface area contributed by atoms with E-state index in [1.165, 1.54) is 17.2 Å². The van der Waals surface area contributed by atoms with E-state index in [-0.39, 0.29) is 10.6 Å². The number of nitrogens with zero attached hydrogens (tertiary/aromatic N) is 1. The van der Waals surface area contributed by atoms with Crippen molar-refractivity contribution in [1.29, 1.82) is 0 Å². The molecular formula is C16H17BrN2O2. The molecule has 0 aliphatic rings. The highest BCUT2D eigenvalue weighted by molar-refractivity contribution is 9.10. The lowest BCUT2D eigenvalue weighted by Gasteiger charge is -2.08. The Kier molecular flexibility index (Phi) is 5.47. The molecule has 110 valence electrons. The van der Waals surface area contributed by atoms with E-state index in [2.05, 4.69) is 52.4 Å². The molecule has 0 atom stereocenters. The minimum absolute atomic E-state index is 0.0987. The molecule has 0 aliphatic carbocycles. The van der Waals surface area contributed by atoms with E-state index in [4.69, 9.17) is 0 Å². The summed E-state index contributed by atoms with van der Waals surface area (Å²) in [7, 11) is 0. The van der Waals surface area contributed by atoms with E-state index in [9.17, 15) is 10.1 Å². The van der Waals surface area contributed by atoms with Crippen molar-refractivity contribution in [3.05, 3.63) is 73.7 Å². The van der Waals surface area contributed by atoms with Gasteiger partial charge in [0, 0.05) is 19.2 Å². The summed E-state index contributed by atoms with van der Waals surface area (Å²) in [4.78, 5) is 10.5. The van der Waals surface area contributed by atoms with Gasteiger partial charge >= 0.3 is 0 Å². The highest BCUT2D eigenvalue weighted by Crippen LogP contribution is 2.28. The van der Waals surface area contributed by atoms with Gasteiger partial charge in [0.15, 0.2) is 0 Å². The van der Waals surface area contributed by atoms with Crippen LogP contribution in [0.5, 0.6) is 0 Å². The Morgan fingerprint density at radius 3 is 2.38 bits per heavy atom. The van der Waals surface area contributed by atoms with Crippen LogP contribution in [0.4, 0.5) is 5.69 Å². The van der Waals surface area contributed by atoms with Crippen molar-refractivity contribution in [2.75, 3.05) is 0 Å². The fraction of sp³-hybridized carbons (Fsp3) is 0.250. The Labute approximate surface area is 132 Å². The van der Waals surface area contributed by atoms with E-state index in [0.717, 1.165) is 18.5 Å². The number of hydrogen-bond acceptors (Lipinski definition) is 3. The molecule has 0 saturated carbocycles. The fourth-order valence-electron chi connectivity index (χ4n) is 2.08. The van der Waals surface area contributed by atoms with E-state index >= 15 is 0 Å². The first kappa shape index (κ1) is 15.7. The van der Waals surface area contributed by atoms with Crippen LogP contribution in [0.25, 0.3) is 0 Å². The van der Waals surface area contributed by atoms with Crippen molar-refractivity contribution < 1.29 is 4.92 Å². The van der Waals surface area contributed by atoms with Crippen LogP contribution in [0.2, 0.25) is 0 Å². The summed E-state index contributed by atoms with van der Waals surface area (Å²) in [5.74, 6) is 0. The van der Waals surface area contributed by atoms with E-state index < -0.39 is 0 Å². The zero-order chi connectivity index (χ0) is 15.2. The molecule has 0 aliphatic heterocycles. The quantitative estimate of drug-likeness (QED) is 0.628. The average molecular weight is 349 g/mol. The number of aryl methyl sites for hydroxylation is 1. The SMILES string of the molecule is CCc1ccc(CNCc2cccc([N+](=O)[O-])c2Br)cc1. The molecule has 0 saturated heterocycles. The topological polar surface area (TPSA) is 55.2 Å². The lowest BCUT2D eigenvalue weighted by atomic mass is 10.1. The Morgan fingerprint density at radius 2 is 1.76 bits per heavy atom. The van der Waals surface area contributed by atoms with Crippen molar-refractivity contribution in [1.82, 2.24) is 5.32 Å². The normalized spacial score (nSPS) is 10.6. The van der Waals surface area contributed by atoms with Gasteiger partial charge in [-0.3, -0.25) is 10.1 Å². The van der Waals surface area contributed by atoms with E-state index in [0.29, 0.717) is 11.0 Å². The molecule has 0 fully saturated rings. The smallest absolute Gasteiger partial charge is 0.283 e. The molecule has 0 amide bonds. The highest BCUT2D eigenvalue weighted by Gasteiger charge is 2.14. The van der Waals surface area contributed by atoms with Crippen LogP contribution in [0.15, 0.2) is 46.9 Å². The summed E-state index contributed by atoms with van der Waals surface area (Å²) in [6.45, 7) is 3.45. The monoisotopic (exact) mass is 348 g/mol. The highest BCUT2D eigenvalue weighted by atomic mass is 79.9. The van der Waals surface area contributed by atoms with Crippen LogP contribution in [0.3, 0.4) is 0 Å². The standard InChI is InChI=1S/C16H17BrN2O2/c1-2-12-6-8-13(9-7-12)10-18-11-14-4-3-5-15(16(14)17)19(20)21/h3-9,18H,2,10-11H2,1H3. The van der Waals surface area contributed by atoms with Gasteiger partial charge in [-0.05, 0) is 39.0 Å². The van der Waals surface area contributed by atoms with Crippen LogP contribution in [-0.2, 0) is 19.5 Å². The summed E-state index contributed by atoms with van der Waals surface area (Å²) in [6.07, 6.45) is 1.04. The predicted octanol–water partition coefficient (Wildman–Crippen LogP) is 4.21. The minimum Gasteiger partial charge on any atom is -0.309 e. The van der Waals surface area contributed by atoms with Crippen LogP contribution in [0.1, 0.15) is 23.6 Å². The zero-order valence-electron chi connectivity index (χ0n) is 11.8. The van der Waals surface area contributed by atoms with Crippen LogP contribution < -0.4 is 5.32 Å². The van der Waals surface area contributed by atoms with Gasteiger partial charge in [0.25, 0.3) is 5.69 Å². The lowest BCUT2D eigenvalue weighted by molar-refractivity contribution is -0.385. The summed E-state index contributed by atoms with van der Waals surface area (Å²) >= 11 is 3.31. The number of nitrogens with one attached hydrogen (secondary N) is 1. The molecule has 0 spiro atoms. The maximum absolute atomic E-state index is 10.9. The number of rotatable bonds is 6. The van der Waals surface area contributed by atoms with E-state index in [1.807, 2.05) is 6.07 Å². The van der Waals surface area contributed by atoms with Crippen molar-refractivity contribution in [2.45, 2.75) is 26.4 Å². The van der Waals surface area contributed by atoms with Crippen LogP contribution in [0, 0.1) is 10.1 Å². The molecule has 21 heavy (non-hydrogen) atoms. The third kappa shape index (κ3) is 4.12. The van der Waals surface area contributed by atoms with Crippen molar-refractivity contribution in [3.8, 4) is 0 Å². The second kappa shape index (κ2) is 7.33. The third-order valence-electron chi connectivity index (χ3n) is 3.33. The largest absolute Gasteiger partial charge is 0.309 e. The summed E-state index contributed by atoms with van der Waals surface area (Å²) < 4.78 is 0.545. The molecule has 2 aromatic carbocycles. The van der Waals surface area contributed by atoms with Crippen molar-refractivity contribution in [3.63, 3.8) is 0 Å². The fourth-order valence-corrected chi connectivity index (χ4v) is 2.63. The number of nitro benzene ring substituents is 1. The summed E-state index contributed by atoms with van der Waals surface area (Å²) in [5.41, 5.74) is 3.50. The molecule has 5 heteroatoms. The molecule has 0 radical (unpaired) electrons. The number of nitro groups is 1. The zero-order valence-corrected chi connectivity index (χ0v) is 13.4. The summed E-state index contributed by atoms with van der Waals surface area (Å²) in [6, 6.07) is 13.5. The number of halogens is 1. The molecule has 0 unspecified atom stereocenters. The maximum Gasteiger partial charge on any atom is 0.283 e. The molecular weight excluding hydrogens is 332 g/mol. The van der Waals surface area contributed by atoms with Gasteiger partial charge in [0.05, 0.1) is 9.40 Å². The van der Waals surface area contributed by atoms with Gasteiger partial charge < -0.3 is 5.32 Å². The van der Waals surface area contributed by atoms with Gasteiger partial charge in [-0.25, -0.2) is 0 Å². The van der Waals surface area contributed by atoms with Crippen molar-refractivity contribution in [2.24, 2.45) is 0 Å². The minimum atomic E-state index is -0.378. The average Bonchev–Trinajstić information content (AvgIpc) is 2.49. The number of hydrogen-bond donors (Lipinski definition) is 1. The van der Waals surface area contributed by atoms with Crippen LogP contribution in [-0.4, -0.2) is 4.92 Å². The van der Waals surface area contributed by atoms with Gasteiger partial charge in [-0.1, -0.05) is 43.3 Å². The Bertz CT molecular complexity index is 627. The molecule has 2 aromatic rings. The van der Waals surface area contributed by atoms with Gasteiger partial charge in [-0.15, -0.1) is 0 Å². The second-order valence-electron chi connectivity index (χ2n) is 4.78. The summed E-state index contributed by atoms with van der Waals surface area (Å²) in [5, 5.41) is 14.2. The Morgan fingerprint density at radius 1 is 1.10 bits per heavy atom. The molecule has 4 nitrogen and oxygen atoms in total. The molecule has 0 aromatic heterocycles. The molecule has 2 rings (SSSR count). The second-order valence-corrected chi connectivity index (χ2v) is 5.57. The van der Waals surface area contributed by atoms with Crippen LogP contribution >= 0.6 is 15.9 Å². The molecule has 0 bridgehead atoms. The Hall–Kier alpha value is -1.72. The predicted molar refractivity (Wildman–Crippen MR) is 87.2 cm³/mol. The molecule has 1 N–H and O–H groups in total. The third-order valence-corrected chi connectivity index (χ3v) is 4.25. The van der Waals surface area contributed by atoms with Gasteiger partial charge in [0.2, 0.25) is 0 Å². The van der Waals surface area contributed by atoms with E-state index in [1.54, 1.807) is 6.07 Å². The number of benzene rings is 2. The van der Waals surface area contributed by atoms with Crippen molar-refractivity contribution >= 4 is 21.6 Å². The van der Waals surface area contributed by atoms with Gasteiger partial charge in [0.1, 0.15) is 0 Å². The lowest BCUT2D eigenvalue weighted by Crippen LogP contribution is -2.13.